The first-order valence-electron chi connectivity index (χ1n) is 16.7. The molecule has 1 aromatic heterocycles. The molecule has 48 heavy (non-hydrogen) atoms. The van der Waals surface area contributed by atoms with Crippen LogP contribution in [0.4, 0.5) is 4.79 Å². The number of halogens is 1. The van der Waals surface area contributed by atoms with Gasteiger partial charge in [-0.2, -0.15) is 0 Å². The fourth-order valence-electron chi connectivity index (χ4n) is 6.39. The summed E-state index contributed by atoms with van der Waals surface area (Å²) in [5.74, 6) is -0.612. The van der Waals surface area contributed by atoms with Gasteiger partial charge in [0.2, 0.25) is 5.91 Å². The molecule has 2 amide bonds. The lowest BCUT2D eigenvalue weighted by Gasteiger charge is -2.36. The van der Waals surface area contributed by atoms with E-state index in [0.29, 0.717) is 23.2 Å². The molecule has 1 aliphatic heterocycles. The van der Waals surface area contributed by atoms with Gasteiger partial charge in [-0.05, 0) is 70.4 Å². The minimum atomic E-state index is -1.01. The number of nitrogens with zero attached hydrogens (tertiary/aromatic N) is 3. The summed E-state index contributed by atoms with van der Waals surface area (Å²) in [7, 11) is 1.56. The number of rotatable bonds is 12. The Balaban J connectivity index is 1.59. The van der Waals surface area contributed by atoms with Gasteiger partial charge >= 0.3 is 12.1 Å². The molecule has 0 unspecified atom stereocenters. The summed E-state index contributed by atoms with van der Waals surface area (Å²) in [4.78, 5) is 52.0. The predicted octanol–water partition coefficient (Wildman–Crippen LogP) is 6.89. The van der Waals surface area contributed by atoms with Gasteiger partial charge in [0, 0.05) is 17.9 Å². The van der Waals surface area contributed by atoms with Crippen molar-refractivity contribution < 1.29 is 33.3 Å². The molecule has 2 heterocycles. The summed E-state index contributed by atoms with van der Waals surface area (Å²) in [5.41, 5.74) is -1.00. The number of benzene rings is 1. The number of unbranched alkanes of at least 4 members (excludes halogenated alkanes) is 1. The summed E-state index contributed by atoms with van der Waals surface area (Å²) >= 11 is 6.50. The number of carbonyl (C=O) groups excluding carboxylic acids is 3. The van der Waals surface area contributed by atoms with E-state index in [9.17, 15) is 14.4 Å². The van der Waals surface area contributed by atoms with Crippen LogP contribution in [0, 0.1) is 17.3 Å². The Labute approximate surface area is 289 Å². The third-order valence-electron chi connectivity index (χ3n) is 9.20. The summed E-state index contributed by atoms with van der Waals surface area (Å²) in [6.45, 7) is 18.5. The molecule has 264 valence electrons. The zero-order valence-electron chi connectivity index (χ0n) is 29.7. The van der Waals surface area contributed by atoms with Gasteiger partial charge in [0.25, 0.3) is 5.88 Å². The zero-order valence-corrected chi connectivity index (χ0v) is 30.5. The highest BCUT2D eigenvalue weighted by Gasteiger charge is 2.56. The summed E-state index contributed by atoms with van der Waals surface area (Å²) in [5, 5.41) is 2.91. The van der Waals surface area contributed by atoms with E-state index in [1.807, 2.05) is 40.7 Å². The van der Waals surface area contributed by atoms with Crippen molar-refractivity contribution in [2.24, 2.45) is 17.3 Å². The molecule has 6 atom stereocenters. The average molecular weight is 687 g/mol. The lowest BCUT2D eigenvalue weighted by atomic mass is 9.85. The van der Waals surface area contributed by atoms with Crippen LogP contribution in [0.25, 0.3) is 11.0 Å². The number of hydrogen-bond acceptors (Lipinski definition) is 9. The Morgan fingerprint density at radius 2 is 1.88 bits per heavy atom. The Morgan fingerprint density at radius 3 is 2.48 bits per heavy atom. The van der Waals surface area contributed by atoms with Gasteiger partial charge in [0.1, 0.15) is 35.1 Å². The molecule has 1 N–H and O–H groups in total. The largest absolute Gasteiger partial charge is 0.497 e. The summed E-state index contributed by atoms with van der Waals surface area (Å²) in [6, 6.07) is 3.20. The molecular formula is C36H51ClN4O7. The van der Waals surface area contributed by atoms with Crippen molar-refractivity contribution in [2.75, 3.05) is 13.7 Å². The van der Waals surface area contributed by atoms with E-state index in [4.69, 9.17) is 30.5 Å². The van der Waals surface area contributed by atoms with Crippen molar-refractivity contribution in [2.45, 2.75) is 117 Å². The monoisotopic (exact) mass is 686 g/mol. The summed E-state index contributed by atoms with van der Waals surface area (Å²) in [6.07, 6.45) is 4.86. The normalized spacial score (nSPS) is 24.5. The Kier molecular flexibility index (Phi) is 11.2. The molecule has 12 heteroatoms. The molecule has 1 saturated heterocycles. The molecule has 0 spiro atoms. The number of hydrogen-bond donors (Lipinski definition) is 1. The number of esters is 1. The van der Waals surface area contributed by atoms with Crippen molar-refractivity contribution >= 4 is 40.6 Å². The lowest BCUT2D eigenvalue weighted by molar-refractivity contribution is -0.165. The van der Waals surface area contributed by atoms with E-state index in [1.54, 1.807) is 46.1 Å². The minimum absolute atomic E-state index is 0.0195. The zero-order chi connectivity index (χ0) is 35.6. The highest BCUT2D eigenvalue weighted by molar-refractivity contribution is 6.31. The number of carbonyl (C=O) groups is 3. The molecule has 2 aliphatic rings. The van der Waals surface area contributed by atoms with Crippen molar-refractivity contribution in [3.8, 4) is 11.6 Å². The van der Waals surface area contributed by atoms with Crippen LogP contribution in [0.3, 0.4) is 0 Å². The molecule has 1 aromatic carbocycles. The maximum Gasteiger partial charge on any atom is 0.408 e. The maximum absolute atomic E-state index is 14.5. The second-order valence-electron chi connectivity index (χ2n) is 15.0. The second-order valence-corrected chi connectivity index (χ2v) is 15.4. The Morgan fingerprint density at radius 1 is 1.17 bits per heavy atom. The number of fused-ring (bicyclic) bond motifs is 1. The first kappa shape index (κ1) is 37.2. The Hall–Kier alpha value is -3.60. The van der Waals surface area contributed by atoms with Crippen molar-refractivity contribution in [3.05, 3.63) is 36.0 Å². The van der Waals surface area contributed by atoms with Gasteiger partial charge in [0.15, 0.2) is 5.15 Å². The van der Waals surface area contributed by atoms with E-state index in [2.05, 4.69) is 21.9 Å². The van der Waals surface area contributed by atoms with Crippen LogP contribution in [-0.4, -0.2) is 75.9 Å². The fraction of sp³-hybridized carbons (Fsp3) is 0.639. The Bertz CT molecular complexity index is 1520. The molecule has 0 bridgehead atoms. The maximum atomic E-state index is 14.5. The van der Waals surface area contributed by atoms with E-state index < -0.39 is 58.7 Å². The topological polar surface area (TPSA) is 129 Å². The van der Waals surface area contributed by atoms with E-state index in [-0.39, 0.29) is 23.5 Å². The van der Waals surface area contributed by atoms with Crippen molar-refractivity contribution in [3.63, 3.8) is 0 Å². The fourth-order valence-corrected chi connectivity index (χ4v) is 6.56. The number of alkyl carbamates (subject to hydrolysis) is 1. The number of amides is 2. The number of ether oxygens (including phenoxy) is 4. The smallest absolute Gasteiger partial charge is 0.408 e. The number of methoxy groups -OCH3 is 1. The average Bonchev–Trinajstić information content (AvgIpc) is 3.58. The van der Waals surface area contributed by atoms with Crippen LogP contribution in [0.1, 0.15) is 87.5 Å². The van der Waals surface area contributed by atoms with Crippen molar-refractivity contribution in [1.29, 1.82) is 0 Å². The predicted molar refractivity (Wildman–Crippen MR) is 184 cm³/mol. The van der Waals surface area contributed by atoms with E-state index in [1.165, 1.54) is 4.90 Å². The van der Waals surface area contributed by atoms with Crippen LogP contribution in [0.5, 0.6) is 11.6 Å². The molecule has 1 saturated carbocycles. The van der Waals surface area contributed by atoms with Gasteiger partial charge < -0.3 is 29.2 Å². The van der Waals surface area contributed by atoms with Crippen LogP contribution in [0.2, 0.25) is 5.15 Å². The first-order valence-corrected chi connectivity index (χ1v) is 17.1. The number of aromatic nitrogens is 2. The lowest BCUT2D eigenvalue weighted by Crippen LogP contribution is -2.58. The number of nitrogens with one attached hydrogen (secondary N) is 1. The molecule has 2 fully saturated rings. The van der Waals surface area contributed by atoms with Crippen LogP contribution in [0.15, 0.2) is 30.9 Å². The molecular weight excluding hydrogens is 636 g/mol. The molecule has 1 aliphatic carbocycles. The van der Waals surface area contributed by atoms with Crippen molar-refractivity contribution in [1.82, 2.24) is 20.2 Å². The molecule has 0 radical (unpaired) electrons. The van der Waals surface area contributed by atoms with Crippen LogP contribution < -0.4 is 14.8 Å². The van der Waals surface area contributed by atoms with E-state index in [0.717, 1.165) is 25.7 Å². The minimum Gasteiger partial charge on any atom is -0.497 e. The first-order chi connectivity index (χ1) is 22.4. The third kappa shape index (κ3) is 8.51. The van der Waals surface area contributed by atoms with Crippen LogP contribution in [-0.2, 0) is 19.1 Å². The molecule has 2 aromatic rings. The highest BCUT2D eigenvalue weighted by atomic mass is 35.5. The number of likely N-dealkylation sites (tertiary alicyclic amines) is 1. The quantitative estimate of drug-likeness (QED) is 0.144. The van der Waals surface area contributed by atoms with Gasteiger partial charge in [-0.1, -0.05) is 52.3 Å². The second kappa shape index (κ2) is 14.5. The van der Waals surface area contributed by atoms with Gasteiger partial charge in [0.05, 0.1) is 24.7 Å². The molecule has 11 nitrogen and oxygen atoms in total. The SMILES string of the molecule is C=CCCC[C@@H]1C[C@@]1(CC)OC(=O)N[C@H](C(=O)N1C[C@H](Oc2nc3cc(OC)ccc3nc2Cl)[C@@H](C)[C@H]1C(=O)OC(C)(C)C)C(C)(C)C. The van der Waals surface area contributed by atoms with E-state index >= 15 is 0 Å². The molecule has 4 rings (SSSR count). The summed E-state index contributed by atoms with van der Waals surface area (Å²) < 4.78 is 23.4. The standard InChI is InChI=1S/C36H51ClN4O7/c1-11-13-14-15-22-19-36(22,12-2)48-33(44)40-28(34(4,5)6)31(42)41-20-26(21(3)27(41)32(43)47-35(7,8)9)46-30-29(37)38-24-17-16-23(45-10)18-25(24)39-30/h11,16-18,21-22,26-28H,1,12-15,19-20H2,2-10H3,(H,40,44)/t21-,22-,26+,27+,28-,36-/m1/s1. The van der Waals surface area contributed by atoms with Gasteiger partial charge in [-0.3, -0.25) is 4.79 Å². The highest BCUT2D eigenvalue weighted by Crippen LogP contribution is 2.52. The number of allylic oxidation sites excluding steroid dienone is 1. The van der Waals surface area contributed by atoms with Crippen LogP contribution >= 0.6 is 11.6 Å². The van der Waals surface area contributed by atoms with Gasteiger partial charge in [-0.25, -0.2) is 19.6 Å². The van der Waals surface area contributed by atoms with Gasteiger partial charge in [-0.15, -0.1) is 6.58 Å². The third-order valence-corrected chi connectivity index (χ3v) is 9.44.